The molecule has 0 heterocycles. The van der Waals surface area contributed by atoms with Crippen LogP contribution in [0, 0.1) is 0 Å². The number of nitrogens with two attached hydrogens (primary N) is 1. The fraction of sp³-hybridized carbons (Fsp3) is 1.00. The normalized spacial score (nSPS) is 16.3. The van der Waals surface area contributed by atoms with E-state index in [9.17, 15) is 30.7 Å². The number of aliphatic hydroxyl groups is 1. The molecule has 0 aliphatic rings. The molecule has 0 fully saturated rings. The first-order chi connectivity index (χ1) is 6.98. The number of hydrogen-bond acceptors (Lipinski definition) is 2. The van der Waals surface area contributed by atoms with E-state index in [0.717, 1.165) is 0 Å². The highest BCUT2D eigenvalue weighted by Gasteiger charge is 2.74. The smallest absolute Gasteiger partial charge is 0.396 e. The molecule has 0 saturated carbocycles. The summed E-state index contributed by atoms with van der Waals surface area (Å²) < 4.78 is 85.2. The molecular formula is C7H10F7NO. The highest BCUT2D eigenvalue weighted by atomic mass is 19.4. The summed E-state index contributed by atoms with van der Waals surface area (Å²) in [7, 11) is 0. The number of halogens is 7. The summed E-state index contributed by atoms with van der Waals surface area (Å²) >= 11 is 0. The van der Waals surface area contributed by atoms with Crippen LogP contribution < -0.4 is 5.73 Å². The highest BCUT2D eigenvalue weighted by Crippen LogP contribution is 2.48. The molecule has 0 spiro atoms. The first kappa shape index (κ1) is 15.4. The van der Waals surface area contributed by atoms with Gasteiger partial charge in [-0.15, -0.1) is 0 Å². The van der Waals surface area contributed by atoms with Gasteiger partial charge in [-0.3, -0.25) is 0 Å². The molecule has 3 N–H and O–H groups in total. The van der Waals surface area contributed by atoms with Crippen molar-refractivity contribution in [2.24, 2.45) is 5.73 Å². The molecule has 0 aromatic carbocycles. The van der Waals surface area contributed by atoms with Crippen molar-refractivity contribution in [1.29, 1.82) is 0 Å². The Bertz CT molecular complexity index is 227. The molecule has 1 atom stereocenters. The number of aliphatic hydroxyl groups excluding tert-OH is 1. The van der Waals surface area contributed by atoms with E-state index in [1.165, 1.54) is 0 Å². The van der Waals surface area contributed by atoms with Crippen LogP contribution in [0.2, 0.25) is 0 Å². The molecule has 2 nitrogen and oxygen atoms in total. The summed E-state index contributed by atoms with van der Waals surface area (Å²) in [6.07, 6.45) is -7.59. The number of rotatable bonds is 5. The molecule has 0 aliphatic heterocycles. The van der Waals surface area contributed by atoms with Crippen LogP contribution in [0.15, 0.2) is 0 Å². The average Bonchev–Trinajstić information content (AvgIpc) is 2.11. The first-order valence-electron chi connectivity index (χ1n) is 4.17. The van der Waals surface area contributed by atoms with Crippen molar-refractivity contribution in [2.45, 2.75) is 36.9 Å². The summed E-state index contributed by atoms with van der Waals surface area (Å²) in [5, 5.41) is 8.23. The van der Waals surface area contributed by atoms with Gasteiger partial charge in [0, 0.05) is 6.61 Å². The Morgan fingerprint density at radius 2 is 1.44 bits per heavy atom. The maximum Gasteiger partial charge on any atom is 0.459 e. The standard InChI is InChI=1S/C7H10F7NO/c8-5(9,4(15)2-1-3-16)6(10,11)7(12,13)14/h4,16H,1-3,15H2/t4-/m0/s1. The Balaban J connectivity index is 4.89. The molecule has 0 amide bonds. The van der Waals surface area contributed by atoms with Crippen molar-refractivity contribution in [3.8, 4) is 0 Å². The van der Waals surface area contributed by atoms with E-state index in [1.54, 1.807) is 0 Å². The van der Waals surface area contributed by atoms with Crippen molar-refractivity contribution < 1.29 is 35.8 Å². The maximum atomic E-state index is 12.7. The third kappa shape index (κ3) is 2.76. The zero-order chi connectivity index (χ0) is 13.2. The lowest BCUT2D eigenvalue weighted by Crippen LogP contribution is -2.60. The molecule has 0 radical (unpaired) electrons. The molecule has 9 heteroatoms. The second-order valence-corrected chi connectivity index (χ2v) is 3.17. The summed E-state index contributed by atoms with van der Waals surface area (Å²) in [6.45, 7) is -0.624. The van der Waals surface area contributed by atoms with E-state index in [2.05, 4.69) is 5.73 Å². The molecule has 0 unspecified atom stereocenters. The fourth-order valence-corrected chi connectivity index (χ4v) is 0.914. The topological polar surface area (TPSA) is 46.2 Å². The Morgan fingerprint density at radius 1 is 1.00 bits per heavy atom. The number of hydrogen-bond donors (Lipinski definition) is 2. The summed E-state index contributed by atoms with van der Waals surface area (Å²) in [6, 6.07) is -2.67. The minimum atomic E-state index is -6.37. The molecular weight excluding hydrogens is 247 g/mol. The van der Waals surface area contributed by atoms with Gasteiger partial charge in [0.1, 0.15) is 0 Å². The molecule has 0 aromatic rings. The van der Waals surface area contributed by atoms with Gasteiger partial charge >= 0.3 is 18.0 Å². The Hall–Kier alpha value is -0.570. The van der Waals surface area contributed by atoms with E-state index in [0.29, 0.717) is 0 Å². The van der Waals surface area contributed by atoms with Crippen molar-refractivity contribution >= 4 is 0 Å². The lowest BCUT2D eigenvalue weighted by Gasteiger charge is -2.32. The van der Waals surface area contributed by atoms with Gasteiger partial charge in [0.25, 0.3) is 0 Å². The van der Waals surface area contributed by atoms with Crippen molar-refractivity contribution in [2.75, 3.05) is 6.61 Å². The van der Waals surface area contributed by atoms with Gasteiger partial charge in [-0.1, -0.05) is 0 Å². The monoisotopic (exact) mass is 257 g/mol. The van der Waals surface area contributed by atoms with Crippen LogP contribution in [0.3, 0.4) is 0 Å². The zero-order valence-corrected chi connectivity index (χ0v) is 7.87. The van der Waals surface area contributed by atoms with Crippen LogP contribution in [0.5, 0.6) is 0 Å². The Labute approximate surface area is 86.2 Å². The van der Waals surface area contributed by atoms with Crippen LogP contribution in [0.4, 0.5) is 30.7 Å². The lowest BCUT2D eigenvalue weighted by atomic mass is 9.99. The van der Waals surface area contributed by atoms with Gasteiger partial charge in [-0.2, -0.15) is 30.7 Å². The van der Waals surface area contributed by atoms with Crippen LogP contribution in [0.25, 0.3) is 0 Å². The van der Waals surface area contributed by atoms with Gasteiger partial charge in [-0.25, -0.2) is 0 Å². The second-order valence-electron chi connectivity index (χ2n) is 3.17. The van der Waals surface area contributed by atoms with E-state index < -0.39 is 37.1 Å². The van der Waals surface area contributed by atoms with Gasteiger partial charge in [0.2, 0.25) is 0 Å². The minimum Gasteiger partial charge on any atom is -0.396 e. The third-order valence-corrected chi connectivity index (χ3v) is 1.91. The van der Waals surface area contributed by atoms with Crippen LogP contribution in [0.1, 0.15) is 12.8 Å². The predicted octanol–water partition coefficient (Wildman–Crippen LogP) is 1.92. The van der Waals surface area contributed by atoms with E-state index in [-0.39, 0.29) is 6.42 Å². The maximum absolute atomic E-state index is 12.7. The van der Waals surface area contributed by atoms with Gasteiger partial charge in [-0.05, 0) is 12.8 Å². The largest absolute Gasteiger partial charge is 0.459 e. The van der Waals surface area contributed by atoms with Crippen molar-refractivity contribution in [1.82, 2.24) is 0 Å². The Morgan fingerprint density at radius 3 is 1.75 bits per heavy atom. The van der Waals surface area contributed by atoms with Gasteiger partial charge in [0.15, 0.2) is 0 Å². The van der Waals surface area contributed by atoms with Crippen LogP contribution in [-0.2, 0) is 0 Å². The van der Waals surface area contributed by atoms with E-state index >= 15 is 0 Å². The molecule has 0 aliphatic carbocycles. The molecule has 0 rings (SSSR count). The summed E-state index contributed by atoms with van der Waals surface area (Å²) in [4.78, 5) is 0. The average molecular weight is 257 g/mol. The molecule has 0 bridgehead atoms. The van der Waals surface area contributed by atoms with Crippen molar-refractivity contribution in [3.63, 3.8) is 0 Å². The lowest BCUT2D eigenvalue weighted by molar-refractivity contribution is -0.358. The molecule has 0 saturated heterocycles. The quantitative estimate of drug-likeness (QED) is 0.739. The van der Waals surface area contributed by atoms with E-state index in [1.807, 2.05) is 0 Å². The van der Waals surface area contributed by atoms with Gasteiger partial charge in [0.05, 0.1) is 6.04 Å². The van der Waals surface area contributed by atoms with Gasteiger partial charge < -0.3 is 10.8 Å². The summed E-state index contributed by atoms with van der Waals surface area (Å²) in [5.41, 5.74) is 4.58. The van der Waals surface area contributed by atoms with Crippen molar-refractivity contribution in [3.05, 3.63) is 0 Å². The van der Waals surface area contributed by atoms with Crippen LogP contribution >= 0.6 is 0 Å². The van der Waals surface area contributed by atoms with E-state index in [4.69, 9.17) is 5.11 Å². The zero-order valence-electron chi connectivity index (χ0n) is 7.87. The minimum absolute atomic E-state index is 0.384. The molecule has 16 heavy (non-hydrogen) atoms. The first-order valence-corrected chi connectivity index (χ1v) is 4.17. The number of alkyl halides is 7. The highest BCUT2D eigenvalue weighted by molar-refractivity contribution is 4.97. The molecule has 98 valence electrons. The van der Waals surface area contributed by atoms with Crippen LogP contribution in [-0.4, -0.2) is 35.8 Å². The predicted molar refractivity (Wildman–Crippen MR) is 40.2 cm³/mol. The third-order valence-electron chi connectivity index (χ3n) is 1.91. The SMILES string of the molecule is N[C@@H](CCCO)C(F)(F)C(F)(F)C(F)(F)F. The summed E-state index contributed by atoms with van der Waals surface area (Å²) in [5.74, 6) is -11.6. The Kier molecular flexibility index (Phi) is 4.57. The fourth-order valence-electron chi connectivity index (χ4n) is 0.914. The second kappa shape index (κ2) is 4.74. The molecule has 0 aromatic heterocycles.